The van der Waals surface area contributed by atoms with Gasteiger partial charge in [0.1, 0.15) is 0 Å². The number of aromatic nitrogens is 1. The molecule has 120 valence electrons. The summed E-state index contributed by atoms with van der Waals surface area (Å²) in [6, 6.07) is 0.622. The van der Waals surface area contributed by atoms with Crippen molar-refractivity contribution in [2.75, 3.05) is 6.54 Å². The number of hydrogen-bond donors (Lipinski definition) is 1. The average Bonchev–Trinajstić information content (AvgIpc) is 2.95. The third-order valence-electron chi connectivity index (χ3n) is 5.10. The smallest absolute Gasteiger partial charge is 0.0940 e. The maximum Gasteiger partial charge on any atom is 0.0940 e. The van der Waals surface area contributed by atoms with Gasteiger partial charge in [-0.25, -0.2) is 4.98 Å². The Morgan fingerprint density at radius 1 is 1.29 bits per heavy atom. The Kier molecular flexibility index (Phi) is 6.24. The lowest BCUT2D eigenvalue weighted by Gasteiger charge is -2.39. The molecule has 0 radical (unpaired) electrons. The van der Waals surface area contributed by atoms with Gasteiger partial charge in [-0.3, -0.25) is 0 Å². The van der Waals surface area contributed by atoms with E-state index < -0.39 is 0 Å². The van der Waals surface area contributed by atoms with Gasteiger partial charge >= 0.3 is 0 Å². The van der Waals surface area contributed by atoms with Crippen LogP contribution < -0.4 is 5.32 Å². The fraction of sp³-hybridized carbons (Fsp3) is 0.833. The van der Waals surface area contributed by atoms with Crippen LogP contribution in [0.15, 0.2) is 11.6 Å². The fourth-order valence-corrected chi connectivity index (χ4v) is 4.34. The minimum absolute atomic E-state index is 0.479. The molecule has 1 heterocycles. The summed E-state index contributed by atoms with van der Waals surface area (Å²) in [5, 5.41) is 7.19. The average molecular weight is 309 g/mol. The third kappa shape index (κ3) is 5.07. The van der Waals surface area contributed by atoms with Crippen molar-refractivity contribution in [2.45, 2.75) is 72.3 Å². The van der Waals surface area contributed by atoms with Gasteiger partial charge in [-0.05, 0) is 55.9 Å². The Hall–Kier alpha value is -0.410. The lowest BCUT2D eigenvalue weighted by Crippen LogP contribution is -2.41. The van der Waals surface area contributed by atoms with Crippen LogP contribution >= 0.6 is 11.3 Å². The van der Waals surface area contributed by atoms with Crippen LogP contribution in [-0.4, -0.2) is 17.6 Å². The molecule has 3 heteroatoms. The SMILES string of the molecule is CCCNC(Cc1nccs1)C1CCC(C(C)(C)C)CC1. The first kappa shape index (κ1) is 17.0. The van der Waals surface area contributed by atoms with E-state index in [4.69, 9.17) is 0 Å². The topological polar surface area (TPSA) is 24.9 Å². The lowest BCUT2D eigenvalue weighted by atomic mass is 9.68. The van der Waals surface area contributed by atoms with Gasteiger partial charge in [0.15, 0.2) is 0 Å². The minimum atomic E-state index is 0.479. The van der Waals surface area contributed by atoms with E-state index in [9.17, 15) is 0 Å². The van der Waals surface area contributed by atoms with Crippen LogP contribution in [0, 0.1) is 17.3 Å². The van der Waals surface area contributed by atoms with Crippen LogP contribution in [-0.2, 0) is 6.42 Å². The van der Waals surface area contributed by atoms with Crippen LogP contribution in [0.5, 0.6) is 0 Å². The van der Waals surface area contributed by atoms with Gasteiger partial charge in [0, 0.05) is 24.0 Å². The molecule has 1 saturated carbocycles. The van der Waals surface area contributed by atoms with Crippen molar-refractivity contribution in [3.63, 3.8) is 0 Å². The highest BCUT2D eigenvalue weighted by molar-refractivity contribution is 7.09. The van der Waals surface area contributed by atoms with E-state index in [0.29, 0.717) is 11.5 Å². The first-order valence-corrected chi connectivity index (χ1v) is 9.50. The van der Waals surface area contributed by atoms with Crippen molar-refractivity contribution in [3.8, 4) is 0 Å². The van der Waals surface area contributed by atoms with E-state index in [2.05, 4.69) is 43.4 Å². The van der Waals surface area contributed by atoms with E-state index in [0.717, 1.165) is 24.8 Å². The Morgan fingerprint density at radius 3 is 2.52 bits per heavy atom. The predicted octanol–water partition coefficient (Wildman–Crippen LogP) is 4.91. The highest BCUT2D eigenvalue weighted by Gasteiger charge is 2.32. The third-order valence-corrected chi connectivity index (χ3v) is 5.90. The summed E-state index contributed by atoms with van der Waals surface area (Å²) in [4.78, 5) is 4.49. The predicted molar refractivity (Wildman–Crippen MR) is 92.8 cm³/mol. The van der Waals surface area contributed by atoms with Crippen LogP contribution in [0.25, 0.3) is 0 Å². The van der Waals surface area contributed by atoms with Crippen molar-refractivity contribution in [2.24, 2.45) is 17.3 Å². The molecule has 1 aliphatic rings. The lowest BCUT2D eigenvalue weighted by molar-refractivity contribution is 0.132. The molecule has 1 aliphatic carbocycles. The molecule has 1 aromatic rings. The largest absolute Gasteiger partial charge is 0.313 e. The monoisotopic (exact) mass is 308 g/mol. The zero-order valence-electron chi connectivity index (χ0n) is 14.2. The first-order valence-electron chi connectivity index (χ1n) is 8.62. The summed E-state index contributed by atoms with van der Waals surface area (Å²) in [7, 11) is 0. The van der Waals surface area contributed by atoms with Gasteiger partial charge < -0.3 is 5.32 Å². The van der Waals surface area contributed by atoms with Gasteiger partial charge in [0.2, 0.25) is 0 Å². The molecule has 0 amide bonds. The second kappa shape index (κ2) is 7.73. The number of nitrogens with zero attached hydrogens (tertiary/aromatic N) is 1. The van der Waals surface area contributed by atoms with Gasteiger partial charge in [0.05, 0.1) is 5.01 Å². The zero-order chi connectivity index (χ0) is 15.3. The molecule has 2 rings (SSSR count). The second-order valence-electron chi connectivity index (χ2n) is 7.67. The minimum Gasteiger partial charge on any atom is -0.313 e. The number of hydrogen-bond acceptors (Lipinski definition) is 3. The Bertz CT molecular complexity index is 386. The van der Waals surface area contributed by atoms with Gasteiger partial charge in [-0.2, -0.15) is 0 Å². The highest BCUT2D eigenvalue weighted by Crippen LogP contribution is 2.41. The molecule has 0 aromatic carbocycles. The summed E-state index contributed by atoms with van der Waals surface area (Å²) in [5.74, 6) is 1.74. The van der Waals surface area contributed by atoms with Crippen molar-refractivity contribution >= 4 is 11.3 Å². The molecule has 21 heavy (non-hydrogen) atoms. The molecule has 0 aliphatic heterocycles. The molecule has 0 bridgehead atoms. The maximum absolute atomic E-state index is 4.49. The first-order chi connectivity index (χ1) is 10.0. The maximum atomic E-state index is 4.49. The summed E-state index contributed by atoms with van der Waals surface area (Å²) >= 11 is 1.80. The molecule has 2 nitrogen and oxygen atoms in total. The van der Waals surface area contributed by atoms with E-state index in [1.165, 1.54) is 37.1 Å². The van der Waals surface area contributed by atoms with Crippen LogP contribution in [0.2, 0.25) is 0 Å². The molecule has 1 fully saturated rings. The van der Waals surface area contributed by atoms with Crippen LogP contribution in [0.4, 0.5) is 0 Å². The van der Waals surface area contributed by atoms with Crippen LogP contribution in [0.3, 0.4) is 0 Å². The van der Waals surface area contributed by atoms with E-state index in [1.807, 2.05) is 6.20 Å². The molecule has 1 atom stereocenters. The number of thiazole rings is 1. The Balaban J connectivity index is 1.92. The molecular formula is C18H32N2S. The molecule has 1 N–H and O–H groups in total. The molecule has 1 unspecified atom stereocenters. The van der Waals surface area contributed by atoms with E-state index >= 15 is 0 Å². The highest BCUT2D eigenvalue weighted by atomic mass is 32.1. The van der Waals surface area contributed by atoms with Crippen molar-refractivity contribution in [3.05, 3.63) is 16.6 Å². The van der Waals surface area contributed by atoms with E-state index in [-0.39, 0.29) is 0 Å². The summed E-state index contributed by atoms with van der Waals surface area (Å²) in [5.41, 5.74) is 0.479. The number of rotatable bonds is 6. The fourth-order valence-electron chi connectivity index (χ4n) is 3.66. The van der Waals surface area contributed by atoms with Crippen LogP contribution in [0.1, 0.15) is 64.8 Å². The Morgan fingerprint density at radius 2 is 2.00 bits per heavy atom. The zero-order valence-corrected chi connectivity index (χ0v) is 15.0. The number of nitrogens with one attached hydrogen (secondary N) is 1. The van der Waals surface area contributed by atoms with Gasteiger partial charge in [-0.15, -0.1) is 11.3 Å². The van der Waals surface area contributed by atoms with Crippen molar-refractivity contribution in [1.29, 1.82) is 0 Å². The molecular weight excluding hydrogens is 276 g/mol. The molecule has 0 saturated heterocycles. The van der Waals surface area contributed by atoms with Crippen molar-refractivity contribution < 1.29 is 0 Å². The standard InChI is InChI=1S/C18H32N2S/c1-5-10-19-16(13-17-20-11-12-21-17)14-6-8-15(9-7-14)18(2,3)4/h11-12,14-16,19H,5-10,13H2,1-4H3. The second-order valence-corrected chi connectivity index (χ2v) is 8.65. The quantitative estimate of drug-likeness (QED) is 0.808. The Labute approximate surface area is 134 Å². The van der Waals surface area contributed by atoms with E-state index in [1.54, 1.807) is 11.3 Å². The van der Waals surface area contributed by atoms with Gasteiger partial charge in [0.25, 0.3) is 0 Å². The summed E-state index contributed by atoms with van der Waals surface area (Å²) < 4.78 is 0. The summed E-state index contributed by atoms with van der Waals surface area (Å²) in [6.45, 7) is 10.6. The van der Waals surface area contributed by atoms with Gasteiger partial charge in [-0.1, -0.05) is 27.7 Å². The van der Waals surface area contributed by atoms with Crippen molar-refractivity contribution in [1.82, 2.24) is 10.3 Å². The molecule has 1 aromatic heterocycles. The molecule has 0 spiro atoms. The summed E-state index contributed by atoms with van der Waals surface area (Å²) in [6.07, 6.45) is 9.83. The normalized spacial score (nSPS) is 25.0.